The van der Waals surface area contributed by atoms with Crippen LogP contribution in [0.1, 0.15) is 11.1 Å². The van der Waals surface area contributed by atoms with Crippen LogP contribution in [0.3, 0.4) is 0 Å². The van der Waals surface area contributed by atoms with Crippen LogP contribution in [0.4, 0.5) is 14.5 Å². The molecule has 0 aliphatic carbocycles. The van der Waals surface area contributed by atoms with E-state index in [0.29, 0.717) is 16.5 Å². The zero-order valence-corrected chi connectivity index (χ0v) is 15.4. The van der Waals surface area contributed by atoms with E-state index in [9.17, 15) is 8.78 Å². The third kappa shape index (κ3) is 4.66. The van der Waals surface area contributed by atoms with Crippen molar-refractivity contribution in [3.63, 3.8) is 0 Å². The van der Waals surface area contributed by atoms with E-state index in [-0.39, 0.29) is 18.4 Å². The number of hydrogen-bond donors (Lipinski definition) is 2. The van der Waals surface area contributed by atoms with Crippen LogP contribution in [0.15, 0.2) is 52.4 Å². The van der Waals surface area contributed by atoms with Crippen LogP contribution in [-0.4, -0.2) is 30.1 Å². The average Bonchev–Trinajstić information content (AvgIpc) is 3.13. The molecule has 3 rings (SSSR count). The third-order valence-electron chi connectivity index (χ3n) is 3.74. The van der Waals surface area contributed by atoms with Gasteiger partial charge in [-0.25, -0.2) is 15.0 Å². The van der Waals surface area contributed by atoms with Crippen LogP contribution < -0.4 is 15.5 Å². The number of aryl methyl sites for hydroxylation is 1. The molecule has 2 aromatic carbocycles. The Labute approximate surface area is 164 Å². The summed E-state index contributed by atoms with van der Waals surface area (Å²) < 4.78 is 29.1. The second-order valence-electron chi connectivity index (χ2n) is 5.70. The van der Waals surface area contributed by atoms with E-state index in [1.54, 1.807) is 18.3 Å². The highest BCUT2D eigenvalue weighted by Crippen LogP contribution is 2.22. The van der Waals surface area contributed by atoms with E-state index in [0.717, 1.165) is 11.1 Å². The molecular weight excluding hydrogens is 390 g/mol. The first-order valence-electron chi connectivity index (χ1n) is 8.10. The molecule has 1 heterocycles. The van der Waals surface area contributed by atoms with E-state index in [4.69, 9.17) is 16.9 Å². The van der Waals surface area contributed by atoms with E-state index in [1.807, 2.05) is 19.1 Å². The molecule has 0 radical (unpaired) electrons. The number of guanidine groups is 1. The zero-order valence-electron chi connectivity index (χ0n) is 14.7. The topological polar surface area (TPSA) is 85.0 Å². The molecule has 0 fully saturated rings. The maximum Gasteiger partial charge on any atom is 0.387 e. The van der Waals surface area contributed by atoms with E-state index in [1.165, 1.54) is 23.2 Å². The molecule has 0 atom stereocenters. The Hall–Kier alpha value is -3.38. The van der Waals surface area contributed by atoms with Gasteiger partial charge in [0.05, 0.1) is 5.69 Å². The van der Waals surface area contributed by atoms with Crippen LogP contribution in [0.2, 0.25) is 5.02 Å². The third-order valence-corrected chi connectivity index (χ3v) is 4.17. The van der Waals surface area contributed by atoms with Gasteiger partial charge >= 0.3 is 6.61 Å². The standard InChI is InChI=1S/C18H15ClF2N6O/c1-11-7-12(5-6-15(11)19)16-24-10-27(26-16)18(23-9-22)25-13-3-2-4-14(8-13)28-17(20)21/h2-8,17H,10H2,1H3,(H,23,25)(H,24,26). The lowest BCUT2D eigenvalue weighted by atomic mass is 10.1. The van der Waals surface area contributed by atoms with Crippen LogP contribution in [0.25, 0.3) is 0 Å². The van der Waals surface area contributed by atoms with Gasteiger partial charge < -0.3 is 4.74 Å². The minimum Gasteiger partial charge on any atom is -0.435 e. The van der Waals surface area contributed by atoms with Crippen LogP contribution in [-0.2, 0) is 0 Å². The molecule has 0 saturated carbocycles. The molecule has 0 saturated heterocycles. The SMILES string of the molecule is Cc1cc(C2=NCN(C(=Nc3cccc(OC(F)F)c3)NC#N)N2)ccc1Cl. The summed E-state index contributed by atoms with van der Waals surface area (Å²) >= 11 is 6.05. The monoisotopic (exact) mass is 404 g/mol. The highest BCUT2D eigenvalue weighted by molar-refractivity contribution is 6.31. The van der Waals surface area contributed by atoms with Crippen LogP contribution in [0, 0.1) is 18.4 Å². The van der Waals surface area contributed by atoms with E-state index < -0.39 is 6.61 Å². The van der Waals surface area contributed by atoms with Gasteiger partial charge in [0.1, 0.15) is 18.3 Å². The normalized spacial score (nSPS) is 13.8. The molecule has 7 nitrogen and oxygen atoms in total. The Kier molecular flexibility index (Phi) is 5.91. The smallest absolute Gasteiger partial charge is 0.387 e. The first-order valence-corrected chi connectivity index (χ1v) is 8.48. The molecular formula is C18H15ClF2N6O. The predicted molar refractivity (Wildman–Crippen MR) is 101 cm³/mol. The molecule has 0 aromatic heterocycles. The number of halogens is 3. The van der Waals surface area contributed by atoms with Crippen molar-refractivity contribution in [1.29, 1.82) is 5.26 Å². The molecule has 1 aliphatic heterocycles. The van der Waals surface area contributed by atoms with E-state index in [2.05, 4.69) is 25.5 Å². The molecule has 144 valence electrons. The Morgan fingerprint density at radius 3 is 2.93 bits per heavy atom. The number of nitriles is 1. The first kappa shape index (κ1) is 19.4. The molecule has 0 amide bonds. The van der Waals surface area contributed by atoms with Crippen molar-refractivity contribution < 1.29 is 13.5 Å². The Bertz CT molecular complexity index is 973. The van der Waals surface area contributed by atoms with Gasteiger partial charge in [0.15, 0.2) is 6.19 Å². The number of hydrazine groups is 1. The summed E-state index contributed by atoms with van der Waals surface area (Å²) in [6, 6.07) is 11.3. The van der Waals surface area contributed by atoms with Crippen molar-refractivity contribution in [2.24, 2.45) is 9.98 Å². The Morgan fingerprint density at radius 1 is 1.39 bits per heavy atom. The largest absolute Gasteiger partial charge is 0.435 e. The Morgan fingerprint density at radius 2 is 2.21 bits per heavy atom. The summed E-state index contributed by atoms with van der Waals surface area (Å²) in [5.41, 5.74) is 5.11. The zero-order chi connectivity index (χ0) is 20.1. The van der Waals surface area contributed by atoms with Crippen LogP contribution in [0.5, 0.6) is 5.75 Å². The fourth-order valence-electron chi connectivity index (χ4n) is 2.47. The molecule has 0 spiro atoms. The van der Waals surface area contributed by atoms with Gasteiger partial charge in [-0.2, -0.15) is 14.0 Å². The molecule has 2 aromatic rings. The molecule has 2 N–H and O–H groups in total. The lowest BCUT2D eigenvalue weighted by molar-refractivity contribution is -0.0498. The first-order chi connectivity index (χ1) is 13.5. The number of aliphatic imine (C=N–C) groups is 2. The van der Waals surface area contributed by atoms with Gasteiger partial charge in [-0.3, -0.25) is 10.7 Å². The summed E-state index contributed by atoms with van der Waals surface area (Å²) in [4.78, 5) is 8.68. The van der Waals surface area contributed by atoms with Gasteiger partial charge in [-0.1, -0.05) is 17.7 Å². The molecule has 0 unspecified atom stereocenters. The van der Waals surface area contributed by atoms with Gasteiger partial charge in [0, 0.05) is 16.7 Å². The number of amidine groups is 1. The summed E-state index contributed by atoms with van der Waals surface area (Å²) in [6.07, 6.45) is 1.80. The summed E-state index contributed by atoms with van der Waals surface area (Å²) in [6.45, 7) is -0.856. The molecule has 28 heavy (non-hydrogen) atoms. The van der Waals surface area contributed by atoms with Crippen molar-refractivity contribution in [1.82, 2.24) is 15.8 Å². The van der Waals surface area contributed by atoms with Gasteiger partial charge in [-0.15, -0.1) is 0 Å². The summed E-state index contributed by atoms with van der Waals surface area (Å²) in [5, 5.41) is 13.7. The number of rotatable bonds is 4. The quantitative estimate of drug-likeness (QED) is 0.352. The number of benzene rings is 2. The maximum atomic E-state index is 12.4. The Balaban J connectivity index is 1.79. The van der Waals surface area contributed by atoms with Gasteiger partial charge in [0.25, 0.3) is 0 Å². The van der Waals surface area contributed by atoms with Crippen LogP contribution >= 0.6 is 11.6 Å². The number of ether oxygens (including phenoxy) is 1. The lowest BCUT2D eigenvalue weighted by Crippen LogP contribution is -2.46. The minimum absolute atomic E-state index is 0.0319. The predicted octanol–water partition coefficient (Wildman–Crippen LogP) is 3.53. The van der Waals surface area contributed by atoms with Gasteiger partial charge in [0.2, 0.25) is 5.96 Å². The maximum absolute atomic E-state index is 12.4. The lowest BCUT2D eigenvalue weighted by Gasteiger charge is -2.19. The number of alkyl halides is 2. The van der Waals surface area contributed by atoms with Crippen molar-refractivity contribution in [2.45, 2.75) is 13.5 Å². The van der Waals surface area contributed by atoms with Crippen molar-refractivity contribution in [3.8, 4) is 11.9 Å². The summed E-state index contributed by atoms with van der Waals surface area (Å²) in [7, 11) is 0. The highest BCUT2D eigenvalue weighted by atomic mass is 35.5. The molecule has 1 aliphatic rings. The second-order valence-corrected chi connectivity index (χ2v) is 6.11. The van der Waals surface area contributed by atoms with E-state index >= 15 is 0 Å². The number of nitrogens with zero attached hydrogens (tertiary/aromatic N) is 4. The fraction of sp³-hybridized carbons (Fsp3) is 0.167. The summed E-state index contributed by atoms with van der Waals surface area (Å²) in [5.74, 6) is 0.707. The van der Waals surface area contributed by atoms with Gasteiger partial charge in [-0.05, 0) is 42.8 Å². The fourth-order valence-corrected chi connectivity index (χ4v) is 2.58. The second kappa shape index (κ2) is 8.54. The van der Waals surface area contributed by atoms with Crippen molar-refractivity contribution in [2.75, 3.05) is 6.67 Å². The molecule has 10 heteroatoms. The van der Waals surface area contributed by atoms with Crippen molar-refractivity contribution >= 4 is 29.1 Å². The highest BCUT2D eigenvalue weighted by Gasteiger charge is 2.20. The average molecular weight is 405 g/mol. The number of hydrogen-bond acceptors (Lipinski definition) is 5. The minimum atomic E-state index is -2.94. The van der Waals surface area contributed by atoms with Crippen molar-refractivity contribution in [3.05, 3.63) is 58.6 Å². The molecule has 0 bridgehead atoms. The number of nitrogens with one attached hydrogen (secondary N) is 2.